The predicted molar refractivity (Wildman–Crippen MR) is 79.2 cm³/mol. The molecule has 2 rings (SSSR count). The van der Waals surface area contributed by atoms with Gasteiger partial charge in [-0.25, -0.2) is 4.98 Å². The summed E-state index contributed by atoms with van der Waals surface area (Å²) in [7, 11) is 0. The third kappa shape index (κ3) is 3.21. The van der Waals surface area contributed by atoms with Crippen LogP contribution in [0, 0.1) is 17.0 Å². The molecule has 2 aromatic heterocycles. The highest BCUT2D eigenvalue weighted by Gasteiger charge is 2.17. The van der Waals surface area contributed by atoms with Crippen molar-refractivity contribution >= 4 is 28.8 Å². The van der Waals surface area contributed by atoms with Crippen LogP contribution in [0.1, 0.15) is 18.1 Å². The van der Waals surface area contributed by atoms with Crippen molar-refractivity contribution in [3.8, 4) is 0 Å². The Morgan fingerprint density at radius 3 is 2.80 bits per heavy atom. The van der Waals surface area contributed by atoms with Crippen LogP contribution in [0.2, 0.25) is 0 Å². The van der Waals surface area contributed by atoms with Crippen LogP contribution in [0.4, 0.5) is 17.5 Å². The van der Waals surface area contributed by atoms with E-state index in [1.807, 2.05) is 24.6 Å². The molecule has 0 amide bonds. The summed E-state index contributed by atoms with van der Waals surface area (Å²) in [5, 5.41) is 21.0. The monoisotopic (exact) mass is 293 g/mol. The molecule has 2 heterocycles. The van der Waals surface area contributed by atoms with Gasteiger partial charge in [-0.05, 0) is 35.7 Å². The predicted octanol–water partition coefficient (Wildman–Crippen LogP) is 2.80. The average molecular weight is 293 g/mol. The van der Waals surface area contributed by atoms with Gasteiger partial charge in [0.1, 0.15) is 6.20 Å². The Kier molecular flexibility index (Phi) is 4.46. The molecule has 0 saturated carbocycles. The minimum atomic E-state index is -0.488. The minimum absolute atomic E-state index is 0.125. The normalized spacial score (nSPS) is 10.3. The van der Waals surface area contributed by atoms with Crippen molar-refractivity contribution in [2.75, 3.05) is 17.2 Å². The number of aromatic nitrogens is 2. The summed E-state index contributed by atoms with van der Waals surface area (Å²) in [5.74, 6) is 0.606. The number of rotatable bonds is 6. The zero-order chi connectivity index (χ0) is 14.5. The molecular weight excluding hydrogens is 278 g/mol. The summed E-state index contributed by atoms with van der Waals surface area (Å²) < 4.78 is 0. The molecule has 7 nitrogen and oxygen atoms in total. The van der Waals surface area contributed by atoms with Crippen molar-refractivity contribution in [2.24, 2.45) is 0 Å². The van der Waals surface area contributed by atoms with Crippen molar-refractivity contribution in [3.05, 3.63) is 38.2 Å². The SMILES string of the molecule is CCNc1ncc([N+](=O)[O-])c(NCc2cscc2C)n1. The van der Waals surface area contributed by atoms with E-state index in [4.69, 9.17) is 0 Å². The van der Waals surface area contributed by atoms with E-state index in [9.17, 15) is 10.1 Å². The van der Waals surface area contributed by atoms with E-state index in [1.54, 1.807) is 11.3 Å². The third-order valence-corrected chi connectivity index (χ3v) is 3.62. The van der Waals surface area contributed by atoms with Crippen molar-refractivity contribution in [1.29, 1.82) is 0 Å². The van der Waals surface area contributed by atoms with E-state index >= 15 is 0 Å². The molecule has 2 aromatic rings. The smallest absolute Gasteiger partial charge is 0.329 e. The number of hydrogen-bond donors (Lipinski definition) is 2. The fraction of sp³-hybridized carbons (Fsp3) is 0.333. The summed E-state index contributed by atoms with van der Waals surface area (Å²) in [4.78, 5) is 18.6. The van der Waals surface area contributed by atoms with Crippen molar-refractivity contribution < 1.29 is 4.92 Å². The van der Waals surface area contributed by atoms with E-state index in [-0.39, 0.29) is 11.5 Å². The Bertz CT molecular complexity index is 614. The van der Waals surface area contributed by atoms with Gasteiger partial charge in [-0.3, -0.25) is 10.1 Å². The number of nitrogens with zero attached hydrogens (tertiary/aromatic N) is 3. The fourth-order valence-corrected chi connectivity index (χ4v) is 2.49. The topological polar surface area (TPSA) is 93.0 Å². The first-order valence-corrected chi connectivity index (χ1v) is 7.07. The number of anilines is 2. The number of thiophene rings is 1. The summed E-state index contributed by atoms with van der Waals surface area (Å²) in [6.45, 7) is 5.07. The molecule has 0 aliphatic heterocycles. The first-order valence-electron chi connectivity index (χ1n) is 6.12. The molecule has 0 spiro atoms. The van der Waals surface area contributed by atoms with Crippen LogP contribution in [0.3, 0.4) is 0 Å². The molecule has 20 heavy (non-hydrogen) atoms. The van der Waals surface area contributed by atoms with Crippen LogP contribution >= 0.6 is 11.3 Å². The molecule has 8 heteroatoms. The highest BCUT2D eigenvalue weighted by Crippen LogP contribution is 2.23. The Labute approximate surface area is 120 Å². The van der Waals surface area contributed by atoms with Gasteiger partial charge in [0, 0.05) is 13.1 Å². The van der Waals surface area contributed by atoms with E-state index in [0.717, 1.165) is 11.1 Å². The van der Waals surface area contributed by atoms with E-state index < -0.39 is 4.92 Å². The lowest BCUT2D eigenvalue weighted by Gasteiger charge is -2.08. The van der Waals surface area contributed by atoms with Gasteiger partial charge >= 0.3 is 5.69 Å². The molecule has 2 N–H and O–H groups in total. The lowest BCUT2D eigenvalue weighted by molar-refractivity contribution is -0.384. The molecule has 0 aromatic carbocycles. The largest absolute Gasteiger partial charge is 0.360 e. The first-order chi connectivity index (χ1) is 9.61. The summed E-state index contributed by atoms with van der Waals surface area (Å²) in [6, 6.07) is 0. The van der Waals surface area contributed by atoms with Crippen LogP contribution in [0.15, 0.2) is 17.0 Å². The van der Waals surface area contributed by atoms with E-state index in [1.165, 1.54) is 6.20 Å². The van der Waals surface area contributed by atoms with Crippen LogP contribution in [0.5, 0.6) is 0 Å². The number of nitrogens with one attached hydrogen (secondary N) is 2. The van der Waals surface area contributed by atoms with Crippen LogP contribution in [-0.2, 0) is 6.54 Å². The zero-order valence-corrected chi connectivity index (χ0v) is 12.0. The van der Waals surface area contributed by atoms with Gasteiger partial charge < -0.3 is 10.6 Å². The van der Waals surface area contributed by atoms with Gasteiger partial charge in [0.05, 0.1) is 4.92 Å². The molecule has 0 atom stereocenters. The third-order valence-electron chi connectivity index (χ3n) is 2.71. The second-order valence-corrected chi connectivity index (χ2v) is 4.89. The highest BCUT2D eigenvalue weighted by molar-refractivity contribution is 7.08. The molecule has 0 saturated heterocycles. The fourth-order valence-electron chi connectivity index (χ4n) is 1.63. The summed E-state index contributed by atoms with van der Waals surface area (Å²) >= 11 is 1.60. The van der Waals surface area contributed by atoms with Gasteiger partial charge in [-0.2, -0.15) is 16.3 Å². The van der Waals surface area contributed by atoms with E-state index in [0.29, 0.717) is 19.0 Å². The maximum atomic E-state index is 11.0. The van der Waals surface area contributed by atoms with Crippen molar-refractivity contribution in [2.45, 2.75) is 20.4 Å². The van der Waals surface area contributed by atoms with Crippen LogP contribution in [-0.4, -0.2) is 21.4 Å². The number of aryl methyl sites for hydroxylation is 1. The van der Waals surface area contributed by atoms with Gasteiger partial charge in [-0.15, -0.1) is 0 Å². The standard InChI is InChI=1S/C12H15N5O2S/c1-3-13-12-15-5-10(17(18)19)11(16-12)14-4-9-7-20-6-8(9)2/h5-7H,3-4H2,1-2H3,(H2,13,14,15,16). The van der Waals surface area contributed by atoms with Crippen LogP contribution in [0.25, 0.3) is 0 Å². The van der Waals surface area contributed by atoms with E-state index in [2.05, 4.69) is 20.6 Å². The summed E-state index contributed by atoms with van der Waals surface area (Å²) in [6.07, 6.45) is 1.22. The maximum absolute atomic E-state index is 11.0. The maximum Gasteiger partial charge on any atom is 0.329 e. The van der Waals surface area contributed by atoms with Gasteiger partial charge in [0.15, 0.2) is 0 Å². The molecule has 0 aliphatic carbocycles. The van der Waals surface area contributed by atoms with Gasteiger partial charge in [0.2, 0.25) is 11.8 Å². The Balaban J connectivity index is 2.21. The average Bonchev–Trinajstić information content (AvgIpc) is 2.82. The van der Waals surface area contributed by atoms with Crippen LogP contribution < -0.4 is 10.6 Å². The second-order valence-electron chi connectivity index (χ2n) is 4.15. The lowest BCUT2D eigenvalue weighted by atomic mass is 10.2. The highest BCUT2D eigenvalue weighted by atomic mass is 32.1. The molecule has 0 radical (unpaired) electrons. The number of hydrogen-bond acceptors (Lipinski definition) is 7. The van der Waals surface area contributed by atoms with Gasteiger partial charge in [-0.1, -0.05) is 0 Å². The molecule has 0 aliphatic rings. The van der Waals surface area contributed by atoms with Crippen molar-refractivity contribution in [1.82, 2.24) is 9.97 Å². The Hall–Kier alpha value is -2.22. The quantitative estimate of drug-likeness (QED) is 0.628. The minimum Gasteiger partial charge on any atom is -0.360 e. The summed E-state index contributed by atoms with van der Waals surface area (Å²) in [5.41, 5.74) is 2.14. The lowest BCUT2D eigenvalue weighted by Crippen LogP contribution is -2.09. The second kappa shape index (κ2) is 6.29. The molecule has 0 fully saturated rings. The molecule has 106 valence electrons. The molecule has 0 bridgehead atoms. The first kappa shape index (κ1) is 14.2. The Morgan fingerprint density at radius 1 is 1.40 bits per heavy atom. The van der Waals surface area contributed by atoms with Gasteiger partial charge in [0.25, 0.3) is 0 Å². The Morgan fingerprint density at radius 2 is 2.20 bits per heavy atom. The molecule has 0 unspecified atom stereocenters. The molecular formula is C12H15N5O2S. The zero-order valence-electron chi connectivity index (χ0n) is 11.2. The van der Waals surface area contributed by atoms with Crippen molar-refractivity contribution in [3.63, 3.8) is 0 Å². The number of nitro groups is 1.